The van der Waals surface area contributed by atoms with Crippen LogP contribution in [-0.2, 0) is 9.46 Å². The topological polar surface area (TPSA) is 18.5 Å². The van der Waals surface area contributed by atoms with Gasteiger partial charge in [-0.15, -0.1) is 0 Å². The zero-order valence-corrected chi connectivity index (χ0v) is 8.52. The van der Waals surface area contributed by atoms with Crippen molar-refractivity contribution in [2.75, 3.05) is 0 Å². The molecule has 0 unspecified atom stereocenters. The van der Waals surface area contributed by atoms with Gasteiger partial charge >= 0.3 is 0 Å². The van der Waals surface area contributed by atoms with Crippen LogP contribution in [0.15, 0.2) is 0 Å². The average molecular weight is 161 g/mol. The highest BCUT2D eigenvalue weighted by atomic mass is 28.3. The lowest BCUT2D eigenvalue weighted by atomic mass is 10.1. The fourth-order valence-electron chi connectivity index (χ4n) is 0.255. The molecule has 0 aromatic carbocycles. The maximum Gasteiger partial charge on any atom is 0.254 e. The van der Waals surface area contributed by atoms with Gasteiger partial charge in [0.25, 0.3) is 9.04 Å². The molecule has 0 aliphatic rings. The Balaban J connectivity index is 3.46. The standard InChI is InChI=1S/C7H17O2Si/c1-6-7(2,3)8-9-10(4)5/h6H2,1-5H3. The van der Waals surface area contributed by atoms with Crippen molar-refractivity contribution < 1.29 is 9.46 Å². The Hall–Kier alpha value is 0.137. The average Bonchev–Trinajstić information content (AvgIpc) is 1.85. The molecule has 0 aliphatic carbocycles. The summed E-state index contributed by atoms with van der Waals surface area (Å²) in [6.45, 7) is 10.2. The summed E-state index contributed by atoms with van der Waals surface area (Å²) in [5, 5.41) is 0. The van der Waals surface area contributed by atoms with E-state index in [4.69, 9.17) is 9.46 Å². The van der Waals surface area contributed by atoms with Gasteiger partial charge in [0.05, 0.1) is 5.60 Å². The maximum atomic E-state index is 5.19. The van der Waals surface area contributed by atoms with Crippen LogP contribution in [0.25, 0.3) is 0 Å². The quantitative estimate of drug-likeness (QED) is 0.358. The van der Waals surface area contributed by atoms with E-state index in [0.29, 0.717) is 0 Å². The van der Waals surface area contributed by atoms with Crippen LogP contribution in [0.5, 0.6) is 0 Å². The first kappa shape index (κ1) is 10.1. The zero-order valence-electron chi connectivity index (χ0n) is 7.52. The lowest BCUT2D eigenvalue weighted by Crippen LogP contribution is -2.26. The minimum absolute atomic E-state index is 0.123. The smallest absolute Gasteiger partial charge is 0.254 e. The van der Waals surface area contributed by atoms with E-state index in [2.05, 4.69) is 20.0 Å². The highest BCUT2D eigenvalue weighted by Crippen LogP contribution is 2.13. The molecule has 0 N–H and O–H groups in total. The van der Waals surface area contributed by atoms with Gasteiger partial charge < -0.3 is 0 Å². The summed E-state index contributed by atoms with van der Waals surface area (Å²) in [5.41, 5.74) is -0.123. The molecule has 1 radical (unpaired) electrons. The monoisotopic (exact) mass is 161 g/mol. The summed E-state index contributed by atoms with van der Waals surface area (Å²) in [6, 6.07) is 0. The Morgan fingerprint density at radius 2 is 1.80 bits per heavy atom. The van der Waals surface area contributed by atoms with Crippen LogP contribution >= 0.6 is 0 Å². The zero-order chi connectivity index (χ0) is 8.20. The molecule has 0 saturated carbocycles. The first-order valence-corrected chi connectivity index (χ1v) is 6.04. The Morgan fingerprint density at radius 3 is 2.10 bits per heavy atom. The molecule has 0 fully saturated rings. The van der Waals surface area contributed by atoms with Crippen molar-refractivity contribution in [2.45, 2.75) is 45.9 Å². The molecule has 0 saturated heterocycles. The van der Waals surface area contributed by atoms with Gasteiger partial charge in [0.1, 0.15) is 0 Å². The van der Waals surface area contributed by atoms with Gasteiger partial charge in [-0.25, -0.2) is 4.89 Å². The Morgan fingerprint density at radius 1 is 1.30 bits per heavy atom. The van der Waals surface area contributed by atoms with E-state index < -0.39 is 9.04 Å². The Labute approximate surface area is 65.2 Å². The fourth-order valence-corrected chi connectivity index (χ4v) is 0.647. The predicted molar refractivity (Wildman–Crippen MR) is 44.0 cm³/mol. The third kappa shape index (κ3) is 4.96. The molecule has 0 bridgehead atoms. The molecule has 0 aromatic heterocycles. The van der Waals surface area contributed by atoms with Gasteiger partial charge in [0, 0.05) is 0 Å². The number of hydrogen-bond donors (Lipinski definition) is 0. The minimum atomic E-state index is -0.700. The van der Waals surface area contributed by atoms with Crippen molar-refractivity contribution in [3.63, 3.8) is 0 Å². The van der Waals surface area contributed by atoms with Gasteiger partial charge in [-0.1, -0.05) is 6.92 Å². The van der Waals surface area contributed by atoms with Crippen LogP contribution in [0.3, 0.4) is 0 Å². The lowest BCUT2D eigenvalue weighted by molar-refractivity contribution is -0.286. The predicted octanol–water partition coefficient (Wildman–Crippen LogP) is 2.37. The van der Waals surface area contributed by atoms with Crippen molar-refractivity contribution in [3.05, 3.63) is 0 Å². The van der Waals surface area contributed by atoms with Crippen molar-refractivity contribution >= 4 is 9.04 Å². The van der Waals surface area contributed by atoms with E-state index in [9.17, 15) is 0 Å². The third-order valence-electron chi connectivity index (χ3n) is 1.29. The molecule has 61 valence electrons. The van der Waals surface area contributed by atoms with Crippen LogP contribution in [0.4, 0.5) is 0 Å². The molecule has 0 aromatic rings. The van der Waals surface area contributed by atoms with E-state index in [1.807, 2.05) is 13.8 Å². The van der Waals surface area contributed by atoms with E-state index in [1.54, 1.807) is 0 Å². The molecular formula is C7H17O2Si. The summed E-state index contributed by atoms with van der Waals surface area (Å²) >= 11 is 0. The van der Waals surface area contributed by atoms with Crippen molar-refractivity contribution in [1.29, 1.82) is 0 Å². The summed E-state index contributed by atoms with van der Waals surface area (Å²) in [5.74, 6) is 0. The van der Waals surface area contributed by atoms with Crippen LogP contribution in [0, 0.1) is 0 Å². The summed E-state index contributed by atoms with van der Waals surface area (Å²) in [7, 11) is -0.700. The highest BCUT2D eigenvalue weighted by Gasteiger charge is 2.17. The fraction of sp³-hybridized carbons (Fsp3) is 1.00. The van der Waals surface area contributed by atoms with Gasteiger partial charge in [0.15, 0.2) is 0 Å². The highest BCUT2D eigenvalue weighted by molar-refractivity contribution is 6.48. The SMILES string of the molecule is CCC(C)(C)OO[Si](C)C. The van der Waals surface area contributed by atoms with Gasteiger partial charge in [-0.05, 0) is 33.4 Å². The summed E-state index contributed by atoms with van der Waals surface area (Å²) < 4.78 is 5.10. The molecule has 0 aliphatic heterocycles. The van der Waals surface area contributed by atoms with Crippen LogP contribution in [-0.4, -0.2) is 14.6 Å². The van der Waals surface area contributed by atoms with E-state index >= 15 is 0 Å². The van der Waals surface area contributed by atoms with Crippen LogP contribution in [0.2, 0.25) is 13.1 Å². The third-order valence-corrected chi connectivity index (χ3v) is 1.70. The molecule has 0 spiro atoms. The van der Waals surface area contributed by atoms with Crippen LogP contribution < -0.4 is 0 Å². The molecule has 0 heterocycles. The second kappa shape index (κ2) is 4.11. The lowest BCUT2D eigenvalue weighted by Gasteiger charge is -2.22. The van der Waals surface area contributed by atoms with E-state index in [1.165, 1.54) is 0 Å². The van der Waals surface area contributed by atoms with Gasteiger partial charge in [-0.2, -0.15) is 0 Å². The normalized spacial score (nSPS) is 12.6. The van der Waals surface area contributed by atoms with E-state index in [-0.39, 0.29) is 5.60 Å². The second-order valence-corrected chi connectivity index (χ2v) is 5.17. The number of hydrogen-bond acceptors (Lipinski definition) is 2. The Bertz CT molecular complexity index is 91.6. The van der Waals surface area contributed by atoms with Crippen molar-refractivity contribution in [2.24, 2.45) is 0 Å². The molecule has 3 heteroatoms. The van der Waals surface area contributed by atoms with Gasteiger partial charge in [-0.3, -0.25) is 4.58 Å². The Kier molecular flexibility index (Phi) is 4.16. The minimum Gasteiger partial charge on any atom is -0.287 e. The molecular weight excluding hydrogens is 144 g/mol. The first-order valence-electron chi connectivity index (χ1n) is 3.64. The largest absolute Gasteiger partial charge is 0.287 e. The summed E-state index contributed by atoms with van der Waals surface area (Å²) in [6.07, 6.45) is 0.974. The van der Waals surface area contributed by atoms with Crippen LogP contribution in [0.1, 0.15) is 27.2 Å². The molecule has 0 amide bonds. The van der Waals surface area contributed by atoms with Crippen molar-refractivity contribution in [1.82, 2.24) is 0 Å². The second-order valence-electron chi connectivity index (χ2n) is 3.19. The number of rotatable bonds is 4. The molecule has 0 rings (SSSR count). The maximum absolute atomic E-state index is 5.19. The molecule has 2 nitrogen and oxygen atoms in total. The molecule has 0 atom stereocenters. The summed E-state index contributed by atoms with van der Waals surface area (Å²) in [4.78, 5) is 5.19. The first-order chi connectivity index (χ1) is 4.48. The molecule has 10 heavy (non-hydrogen) atoms. The van der Waals surface area contributed by atoms with E-state index in [0.717, 1.165) is 6.42 Å². The van der Waals surface area contributed by atoms with Gasteiger partial charge in [0.2, 0.25) is 0 Å². The van der Waals surface area contributed by atoms with Crippen molar-refractivity contribution in [3.8, 4) is 0 Å².